The zero-order valence-corrected chi connectivity index (χ0v) is 8.35. The summed E-state index contributed by atoms with van der Waals surface area (Å²) in [7, 11) is 0. The maximum Gasteiger partial charge on any atom is 0.335 e. The molecular formula is C9H13F2NO3. The third-order valence-electron chi connectivity index (χ3n) is 2.67. The van der Waals surface area contributed by atoms with Gasteiger partial charge < -0.3 is 10.4 Å². The molecule has 0 aliphatic heterocycles. The average molecular weight is 221 g/mol. The molecule has 0 aromatic rings. The molecule has 4 nitrogen and oxygen atoms in total. The van der Waals surface area contributed by atoms with Gasteiger partial charge in [0.15, 0.2) is 0 Å². The number of nitrogens with one attached hydrogen (secondary N) is 1. The van der Waals surface area contributed by atoms with Gasteiger partial charge in [0.2, 0.25) is 11.4 Å². The maximum absolute atomic E-state index is 13.5. The Morgan fingerprint density at radius 3 is 2.20 bits per heavy atom. The van der Waals surface area contributed by atoms with Gasteiger partial charge in [-0.15, -0.1) is 0 Å². The van der Waals surface area contributed by atoms with Crippen LogP contribution in [0.15, 0.2) is 0 Å². The molecule has 86 valence electrons. The lowest BCUT2D eigenvalue weighted by Gasteiger charge is -2.40. The zero-order valence-electron chi connectivity index (χ0n) is 8.35. The molecule has 0 spiro atoms. The van der Waals surface area contributed by atoms with Crippen LogP contribution in [0, 0.1) is 0 Å². The Labute approximate surface area is 85.7 Å². The van der Waals surface area contributed by atoms with Crippen LogP contribution >= 0.6 is 0 Å². The van der Waals surface area contributed by atoms with E-state index in [4.69, 9.17) is 5.11 Å². The number of halogens is 2. The Balaban J connectivity index is 3.06. The lowest BCUT2D eigenvalue weighted by molar-refractivity contribution is -0.176. The molecular weight excluding hydrogens is 208 g/mol. The van der Waals surface area contributed by atoms with Gasteiger partial charge in [-0.1, -0.05) is 6.42 Å². The Bertz CT molecular complexity index is 293. The predicted molar refractivity (Wildman–Crippen MR) is 47.6 cm³/mol. The molecule has 0 saturated heterocycles. The van der Waals surface area contributed by atoms with Crippen LogP contribution in [0.25, 0.3) is 0 Å². The molecule has 1 rings (SSSR count). The molecule has 0 aromatic carbocycles. The van der Waals surface area contributed by atoms with Gasteiger partial charge in [-0.05, 0) is 12.8 Å². The molecule has 1 fully saturated rings. The fourth-order valence-electron chi connectivity index (χ4n) is 1.90. The van der Waals surface area contributed by atoms with Gasteiger partial charge >= 0.3 is 5.97 Å². The van der Waals surface area contributed by atoms with Crippen molar-refractivity contribution < 1.29 is 23.5 Å². The Morgan fingerprint density at radius 2 is 1.80 bits per heavy atom. The highest BCUT2D eigenvalue weighted by Gasteiger charge is 2.60. The number of carbonyl (C=O) groups excluding carboxylic acids is 1. The summed E-state index contributed by atoms with van der Waals surface area (Å²) < 4.78 is 27.1. The number of hydrogen-bond donors (Lipinski definition) is 2. The molecule has 1 aliphatic rings. The second-order valence-corrected chi connectivity index (χ2v) is 3.80. The van der Waals surface area contributed by atoms with Crippen LogP contribution in [-0.4, -0.2) is 28.4 Å². The van der Waals surface area contributed by atoms with Crippen molar-refractivity contribution in [2.24, 2.45) is 0 Å². The van der Waals surface area contributed by atoms with Crippen molar-refractivity contribution in [3.05, 3.63) is 0 Å². The molecule has 1 aliphatic carbocycles. The van der Waals surface area contributed by atoms with Crippen molar-refractivity contribution in [2.45, 2.75) is 44.1 Å². The predicted octanol–water partition coefficient (Wildman–Crippen LogP) is 1.16. The first kappa shape index (κ1) is 11.9. The summed E-state index contributed by atoms with van der Waals surface area (Å²) in [5, 5.41) is 10.8. The number of alkyl halides is 2. The van der Waals surface area contributed by atoms with E-state index >= 15 is 0 Å². The lowest BCUT2D eigenvalue weighted by Crippen LogP contribution is -2.66. The molecule has 1 amide bonds. The van der Waals surface area contributed by atoms with Crippen LogP contribution in [0.5, 0.6) is 0 Å². The molecule has 0 bridgehead atoms. The summed E-state index contributed by atoms with van der Waals surface area (Å²) >= 11 is 0. The molecule has 1 saturated carbocycles. The van der Waals surface area contributed by atoms with E-state index in [2.05, 4.69) is 0 Å². The quantitative estimate of drug-likeness (QED) is 0.735. The maximum atomic E-state index is 13.5. The van der Waals surface area contributed by atoms with E-state index < -0.39 is 29.8 Å². The molecule has 15 heavy (non-hydrogen) atoms. The van der Waals surface area contributed by atoms with E-state index in [0.717, 1.165) is 6.92 Å². The van der Waals surface area contributed by atoms with Crippen LogP contribution in [0.1, 0.15) is 32.6 Å². The van der Waals surface area contributed by atoms with Crippen molar-refractivity contribution >= 4 is 11.9 Å². The number of carboxylic acids is 1. The van der Waals surface area contributed by atoms with Crippen LogP contribution in [0.4, 0.5) is 8.78 Å². The fourth-order valence-corrected chi connectivity index (χ4v) is 1.90. The zero-order chi connectivity index (χ0) is 11.7. The largest absolute Gasteiger partial charge is 0.479 e. The summed E-state index contributed by atoms with van der Waals surface area (Å²) in [6, 6.07) is 0. The van der Waals surface area contributed by atoms with Crippen LogP contribution in [0.2, 0.25) is 0 Å². The average Bonchev–Trinajstić information content (AvgIpc) is 2.07. The van der Waals surface area contributed by atoms with Gasteiger partial charge in [-0.25, -0.2) is 13.6 Å². The van der Waals surface area contributed by atoms with Crippen molar-refractivity contribution in [1.82, 2.24) is 5.32 Å². The lowest BCUT2D eigenvalue weighted by atomic mass is 9.78. The first-order valence-corrected chi connectivity index (χ1v) is 4.72. The Morgan fingerprint density at radius 1 is 1.27 bits per heavy atom. The van der Waals surface area contributed by atoms with Gasteiger partial charge in [0.1, 0.15) is 0 Å². The summed E-state index contributed by atoms with van der Waals surface area (Å²) in [5.74, 6) is -5.80. The van der Waals surface area contributed by atoms with Gasteiger partial charge in [-0.2, -0.15) is 0 Å². The number of carbonyl (C=O) groups is 2. The summed E-state index contributed by atoms with van der Waals surface area (Å²) in [4.78, 5) is 21.7. The topological polar surface area (TPSA) is 66.4 Å². The summed E-state index contributed by atoms with van der Waals surface area (Å²) in [6.45, 7) is 1.04. The highest BCUT2D eigenvalue weighted by molar-refractivity contribution is 5.87. The van der Waals surface area contributed by atoms with Crippen molar-refractivity contribution in [1.29, 1.82) is 0 Å². The van der Waals surface area contributed by atoms with Crippen molar-refractivity contribution in [3.8, 4) is 0 Å². The SMILES string of the molecule is CC(=O)N[C@]1(C(=O)O)CCCCC1(F)F. The van der Waals surface area contributed by atoms with Crippen LogP contribution in [-0.2, 0) is 9.59 Å². The standard InChI is InChI=1S/C9H13F2NO3/c1-6(13)12-8(7(14)15)4-2-3-5-9(8,10)11/h2-5H2,1H3,(H,12,13)(H,14,15)/t8-/m0/s1. The Hall–Kier alpha value is -1.20. The molecule has 0 aromatic heterocycles. The van der Waals surface area contributed by atoms with Crippen molar-refractivity contribution in [3.63, 3.8) is 0 Å². The number of hydrogen-bond acceptors (Lipinski definition) is 2. The van der Waals surface area contributed by atoms with Gasteiger partial charge in [0.25, 0.3) is 5.92 Å². The molecule has 0 radical (unpaired) electrons. The number of rotatable bonds is 2. The van der Waals surface area contributed by atoms with E-state index in [1.807, 2.05) is 5.32 Å². The minimum absolute atomic E-state index is 0.227. The second kappa shape index (κ2) is 3.75. The van der Waals surface area contributed by atoms with Crippen molar-refractivity contribution in [2.75, 3.05) is 0 Å². The summed E-state index contributed by atoms with van der Waals surface area (Å²) in [6.07, 6.45) is -0.0712. The van der Waals surface area contributed by atoms with E-state index in [1.165, 1.54) is 0 Å². The molecule has 0 unspecified atom stereocenters. The molecule has 6 heteroatoms. The van der Waals surface area contributed by atoms with Crippen LogP contribution < -0.4 is 5.32 Å². The molecule has 2 N–H and O–H groups in total. The van der Waals surface area contributed by atoms with Gasteiger partial charge in [0, 0.05) is 13.3 Å². The number of carboxylic acid groups (broad SMARTS) is 1. The minimum atomic E-state index is -3.39. The highest BCUT2D eigenvalue weighted by Crippen LogP contribution is 2.41. The fraction of sp³-hybridized carbons (Fsp3) is 0.778. The van der Waals surface area contributed by atoms with E-state index in [9.17, 15) is 18.4 Å². The second-order valence-electron chi connectivity index (χ2n) is 3.80. The first-order valence-electron chi connectivity index (χ1n) is 4.72. The van der Waals surface area contributed by atoms with Crippen LogP contribution in [0.3, 0.4) is 0 Å². The summed E-state index contributed by atoms with van der Waals surface area (Å²) in [5.41, 5.74) is -2.42. The van der Waals surface area contributed by atoms with E-state index in [1.54, 1.807) is 0 Å². The smallest absolute Gasteiger partial charge is 0.335 e. The first-order chi connectivity index (χ1) is 6.82. The third kappa shape index (κ3) is 1.93. The Kier molecular flexibility index (Phi) is 2.97. The van der Waals surface area contributed by atoms with Gasteiger partial charge in [0.05, 0.1) is 0 Å². The normalized spacial score (nSPS) is 29.5. The molecule has 1 atom stereocenters. The molecule has 0 heterocycles. The highest BCUT2D eigenvalue weighted by atomic mass is 19.3. The number of amides is 1. The van der Waals surface area contributed by atoms with E-state index in [-0.39, 0.29) is 12.8 Å². The third-order valence-corrected chi connectivity index (χ3v) is 2.67. The minimum Gasteiger partial charge on any atom is -0.479 e. The monoisotopic (exact) mass is 221 g/mol. The number of aliphatic carboxylic acids is 1. The van der Waals surface area contributed by atoms with Gasteiger partial charge in [-0.3, -0.25) is 4.79 Å². The van der Waals surface area contributed by atoms with E-state index in [0.29, 0.717) is 6.42 Å².